The first-order valence-electron chi connectivity index (χ1n) is 8.78. The molecule has 138 valence electrons. The second-order valence-corrected chi connectivity index (χ2v) is 6.32. The molecule has 0 aliphatic rings. The fourth-order valence-electron chi connectivity index (χ4n) is 2.88. The van der Waals surface area contributed by atoms with Crippen LogP contribution >= 0.6 is 0 Å². The maximum absolute atomic E-state index is 11.1. The molecule has 0 aliphatic carbocycles. The summed E-state index contributed by atoms with van der Waals surface area (Å²) in [5.41, 5.74) is 5.02. The molecule has 3 rings (SSSR count). The molecule has 0 fully saturated rings. The van der Waals surface area contributed by atoms with Gasteiger partial charge in [0.2, 0.25) is 5.95 Å². The summed E-state index contributed by atoms with van der Waals surface area (Å²) in [5.74, 6) is 0.126. The summed E-state index contributed by atoms with van der Waals surface area (Å²) in [6.45, 7) is 6.05. The van der Waals surface area contributed by atoms with Gasteiger partial charge in [-0.25, -0.2) is 9.78 Å². The minimum atomic E-state index is -0.966. The van der Waals surface area contributed by atoms with E-state index in [1.807, 2.05) is 32.0 Å². The lowest BCUT2D eigenvalue weighted by molar-refractivity contribution is 0.0697. The predicted octanol–water partition coefficient (Wildman–Crippen LogP) is 4.84. The first-order chi connectivity index (χ1) is 13.0. The van der Waals surface area contributed by atoms with Crippen molar-refractivity contribution in [1.29, 1.82) is 0 Å². The van der Waals surface area contributed by atoms with Gasteiger partial charge < -0.3 is 15.7 Å². The van der Waals surface area contributed by atoms with E-state index in [4.69, 9.17) is 5.11 Å². The molecule has 0 bridgehead atoms. The van der Waals surface area contributed by atoms with Crippen LogP contribution in [0.15, 0.2) is 48.5 Å². The lowest BCUT2D eigenvalue weighted by Gasteiger charge is -2.14. The SMILES string of the molecule is CCc1cccc(C)c1Nc1nc(C)cc(Nc2cccc(C(=O)O)c2)n1. The van der Waals surface area contributed by atoms with Crippen molar-refractivity contribution in [1.82, 2.24) is 9.97 Å². The highest BCUT2D eigenvalue weighted by Crippen LogP contribution is 2.25. The number of carboxylic acids is 1. The molecule has 0 saturated heterocycles. The fraction of sp³-hybridized carbons (Fsp3) is 0.190. The molecule has 1 aromatic heterocycles. The molecule has 6 nitrogen and oxygen atoms in total. The van der Waals surface area contributed by atoms with Gasteiger partial charge in [-0.1, -0.05) is 31.2 Å². The Balaban J connectivity index is 1.89. The van der Waals surface area contributed by atoms with Crippen molar-refractivity contribution < 1.29 is 9.90 Å². The van der Waals surface area contributed by atoms with Gasteiger partial charge in [0.15, 0.2) is 0 Å². The number of anilines is 4. The van der Waals surface area contributed by atoms with E-state index in [-0.39, 0.29) is 5.56 Å². The number of benzene rings is 2. The van der Waals surface area contributed by atoms with Crippen molar-refractivity contribution in [3.63, 3.8) is 0 Å². The third-order valence-electron chi connectivity index (χ3n) is 4.21. The Morgan fingerprint density at radius 1 is 1.04 bits per heavy atom. The Hall–Kier alpha value is -3.41. The number of nitrogens with one attached hydrogen (secondary N) is 2. The normalized spacial score (nSPS) is 10.5. The molecule has 0 saturated carbocycles. The molecule has 1 heterocycles. The van der Waals surface area contributed by atoms with Crippen LogP contribution in [0, 0.1) is 13.8 Å². The van der Waals surface area contributed by atoms with Gasteiger partial charge in [0, 0.05) is 23.1 Å². The van der Waals surface area contributed by atoms with Gasteiger partial charge in [-0.3, -0.25) is 0 Å². The largest absolute Gasteiger partial charge is 0.478 e. The van der Waals surface area contributed by atoms with E-state index in [2.05, 4.69) is 33.6 Å². The molecule has 0 aliphatic heterocycles. The van der Waals surface area contributed by atoms with Gasteiger partial charge in [0.1, 0.15) is 5.82 Å². The van der Waals surface area contributed by atoms with Gasteiger partial charge in [0.25, 0.3) is 0 Å². The minimum absolute atomic E-state index is 0.219. The minimum Gasteiger partial charge on any atom is -0.478 e. The lowest BCUT2D eigenvalue weighted by atomic mass is 10.1. The predicted molar refractivity (Wildman–Crippen MR) is 107 cm³/mol. The van der Waals surface area contributed by atoms with Crippen LogP contribution in [-0.4, -0.2) is 21.0 Å². The number of carbonyl (C=O) groups is 1. The van der Waals surface area contributed by atoms with Gasteiger partial charge in [-0.2, -0.15) is 4.98 Å². The number of hydrogen-bond acceptors (Lipinski definition) is 5. The Labute approximate surface area is 158 Å². The third kappa shape index (κ3) is 4.41. The maximum Gasteiger partial charge on any atom is 0.335 e. The molecule has 6 heteroatoms. The van der Waals surface area contributed by atoms with E-state index in [9.17, 15) is 4.79 Å². The number of nitrogens with zero attached hydrogens (tertiary/aromatic N) is 2. The van der Waals surface area contributed by atoms with Crippen molar-refractivity contribution in [2.24, 2.45) is 0 Å². The van der Waals surface area contributed by atoms with E-state index in [0.717, 1.165) is 23.4 Å². The second-order valence-electron chi connectivity index (χ2n) is 6.32. The molecule has 0 atom stereocenters. The number of hydrogen-bond donors (Lipinski definition) is 3. The van der Waals surface area contributed by atoms with Gasteiger partial charge in [0.05, 0.1) is 5.56 Å². The van der Waals surface area contributed by atoms with Crippen LogP contribution in [0.1, 0.15) is 34.1 Å². The zero-order valence-electron chi connectivity index (χ0n) is 15.6. The van der Waals surface area contributed by atoms with Crippen molar-refractivity contribution >= 4 is 29.1 Å². The third-order valence-corrected chi connectivity index (χ3v) is 4.21. The highest BCUT2D eigenvalue weighted by molar-refractivity contribution is 5.89. The Bertz CT molecular complexity index is 986. The van der Waals surface area contributed by atoms with Crippen LogP contribution in [0.4, 0.5) is 23.1 Å². The molecule has 3 N–H and O–H groups in total. The summed E-state index contributed by atoms with van der Waals surface area (Å²) in [6.07, 6.45) is 0.906. The molecule has 0 spiro atoms. The van der Waals surface area contributed by atoms with Crippen LogP contribution in [-0.2, 0) is 6.42 Å². The second kappa shape index (κ2) is 7.86. The average molecular weight is 362 g/mol. The number of para-hydroxylation sites is 1. The zero-order valence-corrected chi connectivity index (χ0v) is 15.6. The summed E-state index contributed by atoms with van der Waals surface area (Å²) in [7, 11) is 0. The topological polar surface area (TPSA) is 87.1 Å². The van der Waals surface area contributed by atoms with Gasteiger partial charge in [-0.15, -0.1) is 0 Å². The standard InChI is InChI=1S/C21H22N4O2/c1-4-15-8-5-7-13(2)19(15)25-21-22-14(3)11-18(24-21)23-17-10-6-9-16(12-17)20(26)27/h5-12H,4H2,1-3H3,(H,26,27)(H2,22,23,24,25). The van der Waals surface area contributed by atoms with Crippen LogP contribution in [0.3, 0.4) is 0 Å². The van der Waals surface area contributed by atoms with Gasteiger partial charge in [-0.05, 0) is 49.6 Å². The molecule has 0 radical (unpaired) electrons. The van der Waals surface area contributed by atoms with E-state index < -0.39 is 5.97 Å². The number of rotatable bonds is 6. The molecule has 3 aromatic rings. The Morgan fingerprint density at radius 2 is 1.81 bits per heavy atom. The van der Waals surface area contributed by atoms with Crippen LogP contribution < -0.4 is 10.6 Å². The molecule has 27 heavy (non-hydrogen) atoms. The fourth-order valence-corrected chi connectivity index (χ4v) is 2.88. The first-order valence-corrected chi connectivity index (χ1v) is 8.78. The Kier molecular flexibility index (Phi) is 5.35. The van der Waals surface area contributed by atoms with Crippen LogP contribution in [0.5, 0.6) is 0 Å². The molecular weight excluding hydrogens is 340 g/mol. The quantitative estimate of drug-likeness (QED) is 0.581. The summed E-state index contributed by atoms with van der Waals surface area (Å²) in [6, 6.07) is 14.6. The number of aromatic nitrogens is 2. The monoisotopic (exact) mass is 362 g/mol. The summed E-state index contributed by atoms with van der Waals surface area (Å²) >= 11 is 0. The van der Waals surface area contributed by atoms with Crippen molar-refractivity contribution in [2.75, 3.05) is 10.6 Å². The van der Waals surface area contributed by atoms with E-state index in [0.29, 0.717) is 17.5 Å². The molecule has 0 unspecified atom stereocenters. The maximum atomic E-state index is 11.1. The van der Waals surface area contributed by atoms with Crippen LogP contribution in [0.25, 0.3) is 0 Å². The number of carboxylic acid groups (broad SMARTS) is 1. The Morgan fingerprint density at radius 3 is 2.56 bits per heavy atom. The van der Waals surface area contributed by atoms with E-state index in [1.165, 1.54) is 5.56 Å². The van der Waals surface area contributed by atoms with Crippen LogP contribution in [0.2, 0.25) is 0 Å². The number of aromatic carboxylic acids is 1. The number of aryl methyl sites for hydroxylation is 3. The molecular formula is C21H22N4O2. The highest BCUT2D eigenvalue weighted by atomic mass is 16.4. The first kappa shape index (κ1) is 18.4. The zero-order chi connectivity index (χ0) is 19.4. The van der Waals surface area contributed by atoms with Gasteiger partial charge >= 0.3 is 5.97 Å². The smallest absolute Gasteiger partial charge is 0.335 e. The molecule has 2 aromatic carbocycles. The molecule has 0 amide bonds. The summed E-state index contributed by atoms with van der Waals surface area (Å²) < 4.78 is 0. The van der Waals surface area contributed by atoms with Crippen molar-refractivity contribution in [3.05, 3.63) is 70.9 Å². The van der Waals surface area contributed by atoms with Crippen molar-refractivity contribution in [3.8, 4) is 0 Å². The average Bonchev–Trinajstić information content (AvgIpc) is 2.63. The van der Waals surface area contributed by atoms with Crippen molar-refractivity contribution in [2.45, 2.75) is 27.2 Å². The summed E-state index contributed by atoms with van der Waals surface area (Å²) in [4.78, 5) is 20.2. The van der Waals surface area contributed by atoms with E-state index >= 15 is 0 Å². The lowest BCUT2D eigenvalue weighted by Crippen LogP contribution is -2.05. The summed E-state index contributed by atoms with van der Waals surface area (Å²) in [5, 5.41) is 15.6. The highest BCUT2D eigenvalue weighted by Gasteiger charge is 2.09. The van der Waals surface area contributed by atoms with E-state index in [1.54, 1.807) is 24.3 Å².